The van der Waals surface area contributed by atoms with Crippen LogP contribution < -0.4 is 5.32 Å². The molecule has 9 heteroatoms. The first kappa shape index (κ1) is 16.6. The topological polar surface area (TPSA) is 29.1 Å². The van der Waals surface area contributed by atoms with Crippen molar-refractivity contribution >= 4 is 23.2 Å². The minimum absolute atomic E-state index is 0.00564. The second kappa shape index (κ2) is 5.90. The fraction of sp³-hybridized carbons (Fsp3) is 0.364. The Morgan fingerprint density at radius 3 is 2.15 bits per heavy atom. The quantitative estimate of drug-likeness (QED) is 0.659. The number of hydrogen-bond donors (Lipinski definition) is 1. The molecule has 0 radical (unpaired) electrons. The van der Waals surface area contributed by atoms with Crippen LogP contribution in [0.2, 0.25) is 0 Å². The van der Waals surface area contributed by atoms with Gasteiger partial charge in [-0.05, 0) is 17.7 Å². The fourth-order valence-corrected chi connectivity index (χ4v) is 1.60. The second-order valence-electron chi connectivity index (χ2n) is 3.84. The highest BCUT2D eigenvalue weighted by Crippen LogP contribution is 2.39. The molecule has 2 nitrogen and oxygen atoms in total. The molecule has 0 atom stereocenters. The summed E-state index contributed by atoms with van der Waals surface area (Å²) in [4.78, 5) is 11.2. The molecule has 0 aliphatic heterocycles. The molecular weight excluding hydrogens is 312 g/mol. The summed E-state index contributed by atoms with van der Waals surface area (Å²) < 4.78 is 73.9. The van der Waals surface area contributed by atoms with E-state index in [9.17, 15) is 31.1 Å². The van der Waals surface area contributed by atoms with E-state index in [0.717, 1.165) is 6.07 Å². The van der Waals surface area contributed by atoms with Crippen molar-refractivity contribution in [3.63, 3.8) is 0 Å². The van der Waals surface area contributed by atoms with E-state index in [1.54, 1.807) is 5.32 Å². The minimum atomic E-state index is -5.72. The first-order valence-corrected chi connectivity index (χ1v) is 5.68. The highest BCUT2D eigenvalue weighted by molar-refractivity contribution is 6.17. The Hall–Kier alpha value is -1.44. The number of benzene rings is 1. The molecule has 0 unspecified atom stereocenters. The number of alkyl halides is 7. The third-order valence-corrected chi connectivity index (χ3v) is 2.57. The molecule has 0 heterocycles. The Balaban J connectivity index is 2.97. The number of rotatable bonds is 3. The smallest absolute Gasteiger partial charge is 0.325 e. The van der Waals surface area contributed by atoms with Gasteiger partial charge in [-0.1, -0.05) is 12.1 Å². The first-order valence-electron chi connectivity index (χ1n) is 5.15. The monoisotopic (exact) mass is 319 g/mol. The molecule has 0 saturated heterocycles. The van der Waals surface area contributed by atoms with Gasteiger partial charge in [0.05, 0.1) is 0 Å². The van der Waals surface area contributed by atoms with E-state index in [4.69, 9.17) is 11.6 Å². The maximum atomic E-state index is 12.3. The van der Waals surface area contributed by atoms with E-state index in [2.05, 4.69) is 0 Å². The van der Waals surface area contributed by atoms with E-state index < -0.39 is 24.2 Å². The summed E-state index contributed by atoms with van der Waals surface area (Å²) in [5.74, 6) is -6.25. The molecule has 1 aromatic rings. The van der Waals surface area contributed by atoms with Crippen LogP contribution in [0.5, 0.6) is 0 Å². The summed E-state index contributed by atoms with van der Waals surface area (Å²) in [5.41, 5.74) is 0.256. The summed E-state index contributed by atoms with van der Waals surface area (Å²) in [6.07, 6.45) is -11.4. The Morgan fingerprint density at radius 1 is 1.15 bits per heavy atom. The van der Waals surface area contributed by atoms with Crippen LogP contribution in [0.4, 0.5) is 32.0 Å². The first-order chi connectivity index (χ1) is 9.05. The Kier molecular flexibility index (Phi) is 4.90. The predicted molar refractivity (Wildman–Crippen MR) is 60.2 cm³/mol. The van der Waals surface area contributed by atoms with Crippen molar-refractivity contribution in [1.82, 2.24) is 0 Å². The Bertz CT molecular complexity index is 471. The van der Waals surface area contributed by atoms with E-state index in [1.165, 1.54) is 18.2 Å². The van der Waals surface area contributed by atoms with Crippen molar-refractivity contribution in [3.8, 4) is 0 Å². The highest BCUT2D eigenvalue weighted by Gasteiger charge is 2.61. The van der Waals surface area contributed by atoms with Gasteiger partial charge in [0.2, 0.25) is 11.8 Å². The Morgan fingerprint density at radius 2 is 1.70 bits per heavy atom. The Labute approximate surface area is 114 Å². The van der Waals surface area contributed by atoms with Crippen LogP contribution in [0.1, 0.15) is 5.56 Å². The number of carbonyl (C=O) groups is 1. The van der Waals surface area contributed by atoms with Crippen LogP contribution >= 0.6 is 11.6 Å². The van der Waals surface area contributed by atoms with Crippen molar-refractivity contribution in [1.29, 1.82) is 0 Å². The number of nitrogens with one attached hydrogen (secondary N) is 1. The minimum Gasteiger partial charge on any atom is -0.325 e. The molecule has 1 N–H and O–H groups in total. The lowest BCUT2D eigenvalue weighted by molar-refractivity contribution is -0.272. The number of amides is 1. The molecule has 0 bridgehead atoms. The fourth-order valence-electron chi connectivity index (χ4n) is 1.43. The molecule has 0 aliphatic carbocycles. The normalized spacial score (nSPS) is 12.6. The summed E-state index contributed by atoms with van der Waals surface area (Å²) in [5, 5.41) is 1.59. The largest absolute Gasteiger partial charge is 0.409 e. The standard InChI is InChI=1S/C11H8ClF6NO/c12-5-6-2-1-3-7(4-6)19-9(20)8(10(13,14)15)11(16,17)18/h1-4,8H,5H2,(H,19,20). The molecule has 20 heavy (non-hydrogen) atoms. The summed E-state index contributed by atoms with van der Waals surface area (Å²) in [6, 6.07) is 5.21. The van der Waals surface area contributed by atoms with Gasteiger partial charge >= 0.3 is 12.4 Å². The average molecular weight is 320 g/mol. The molecular formula is C11H8ClF6NO. The molecule has 0 aromatic heterocycles. The van der Waals surface area contributed by atoms with Gasteiger partial charge in [0.25, 0.3) is 0 Å². The molecule has 112 valence electrons. The van der Waals surface area contributed by atoms with Crippen LogP contribution in [-0.4, -0.2) is 18.3 Å². The second-order valence-corrected chi connectivity index (χ2v) is 4.11. The van der Waals surface area contributed by atoms with Gasteiger partial charge in [-0.2, -0.15) is 26.3 Å². The lowest BCUT2D eigenvalue weighted by Gasteiger charge is -2.22. The maximum Gasteiger partial charge on any atom is 0.409 e. The maximum absolute atomic E-state index is 12.3. The third-order valence-electron chi connectivity index (χ3n) is 2.27. The number of halogens is 7. The van der Waals surface area contributed by atoms with Gasteiger partial charge in [0.15, 0.2) is 0 Å². The molecule has 0 aliphatic rings. The predicted octanol–water partition coefficient (Wildman–Crippen LogP) is 4.10. The lowest BCUT2D eigenvalue weighted by atomic mass is 10.1. The molecule has 1 amide bonds. The van der Waals surface area contributed by atoms with Crippen molar-refractivity contribution in [3.05, 3.63) is 29.8 Å². The van der Waals surface area contributed by atoms with E-state index in [0.29, 0.717) is 5.56 Å². The summed E-state index contributed by atoms with van der Waals surface area (Å²) >= 11 is 5.47. The van der Waals surface area contributed by atoms with Crippen molar-refractivity contribution < 1.29 is 31.1 Å². The van der Waals surface area contributed by atoms with Gasteiger partial charge in [-0.15, -0.1) is 11.6 Å². The molecule has 1 aromatic carbocycles. The molecule has 0 spiro atoms. The van der Waals surface area contributed by atoms with Gasteiger partial charge in [0.1, 0.15) is 0 Å². The zero-order valence-corrected chi connectivity index (χ0v) is 10.4. The van der Waals surface area contributed by atoms with Crippen LogP contribution in [0.15, 0.2) is 24.3 Å². The SMILES string of the molecule is O=C(Nc1cccc(CCl)c1)C(C(F)(F)F)C(F)(F)F. The molecule has 0 saturated carbocycles. The van der Waals surface area contributed by atoms with Crippen molar-refractivity contribution in [2.75, 3.05) is 5.32 Å². The van der Waals surface area contributed by atoms with Crippen LogP contribution in [0.3, 0.4) is 0 Å². The van der Waals surface area contributed by atoms with Crippen LogP contribution in [0, 0.1) is 5.92 Å². The molecule has 0 fully saturated rings. The molecule has 1 rings (SSSR count). The van der Waals surface area contributed by atoms with Crippen LogP contribution in [0.25, 0.3) is 0 Å². The van der Waals surface area contributed by atoms with Gasteiger partial charge in [-0.3, -0.25) is 4.79 Å². The van der Waals surface area contributed by atoms with Gasteiger partial charge < -0.3 is 5.32 Å². The zero-order valence-electron chi connectivity index (χ0n) is 9.65. The number of anilines is 1. The van der Waals surface area contributed by atoms with Gasteiger partial charge in [-0.25, -0.2) is 0 Å². The summed E-state index contributed by atoms with van der Waals surface area (Å²) in [6.45, 7) is 0. The lowest BCUT2D eigenvalue weighted by Crippen LogP contribution is -2.45. The van der Waals surface area contributed by atoms with Crippen molar-refractivity contribution in [2.45, 2.75) is 18.2 Å². The van der Waals surface area contributed by atoms with Crippen LogP contribution in [-0.2, 0) is 10.7 Å². The zero-order chi connectivity index (χ0) is 15.6. The highest BCUT2D eigenvalue weighted by atomic mass is 35.5. The number of hydrogen-bond acceptors (Lipinski definition) is 1. The third kappa shape index (κ3) is 4.29. The van der Waals surface area contributed by atoms with Crippen molar-refractivity contribution in [2.24, 2.45) is 5.92 Å². The van der Waals surface area contributed by atoms with E-state index >= 15 is 0 Å². The summed E-state index contributed by atoms with van der Waals surface area (Å²) in [7, 11) is 0. The van der Waals surface area contributed by atoms with E-state index in [-0.39, 0.29) is 11.6 Å². The van der Waals surface area contributed by atoms with Gasteiger partial charge in [0, 0.05) is 11.6 Å². The number of carbonyl (C=O) groups excluding carboxylic acids is 1. The van der Waals surface area contributed by atoms with E-state index in [1.807, 2.05) is 0 Å². The average Bonchev–Trinajstić information content (AvgIpc) is 2.24.